The molecule has 15 heteroatoms. The minimum Gasteiger partial charge on any atom is -0.423 e. The molecule has 0 spiro atoms. The summed E-state index contributed by atoms with van der Waals surface area (Å²) in [6.45, 7) is 0.0668. The zero-order valence-electron chi connectivity index (χ0n) is 22.6. The number of hydroxylamine groups is 1. The van der Waals surface area contributed by atoms with Crippen LogP contribution in [0, 0.1) is 0 Å². The normalized spacial score (nSPS) is 15.5. The molecule has 42 heavy (non-hydrogen) atoms. The zero-order valence-corrected chi connectivity index (χ0v) is 22.6. The summed E-state index contributed by atoms with van der Waals surface area (Å²) < 4.78 is 39.2. The third-order valence-corrected chi connectivity index (χ3v) is 6.50. The van der Waals surface area contributed by atoms with Crippen LogP contribution in [0.4, 0.5) is 18.9 Å². The summed E-state index contributed by atoms with van der Waals surface area (Å²) in [6.07, 6.45) is -2.54. The van der Waals surface area contributed by atoms with E-state index in [0.717, 1.165) is 18.2 Å². The molecule has 1 saturated heterocycles. The van der Waals surface area contributed by atoms with E-state index in [1.807, 2.05) is 0 Å². The van der Waals surface area contributed by atoms with Crippen molar-refractivity contribution in [3.05, 3.63) is 59.7 Å². The summed E-state index contributed by atoms with van der Waals surface area (Å²) in [5.74, 6) is -1.94. The monoisotopic (exact) mass is 592 g/mol. The first-order chi connectivity index (χ1) is 19.9. The number of rotatable bonds is 14. The van der Waals surface area contributed by atoms with E-state index in [-0.39, 0.29) is 49.8 Å². The first-order valence-electron chi connectivity index (χ1n) is 13.4. The number of carbonyl (C=O) groups is 4. The molecule has 4 amide bonds. The molecular formula is C27H32BF3N4O7. The van der Waals surface area contributed by atoms with Gasteiger partial charge in [0.15, 0.2) is 0 Å². The van der Waals surface area contributed by atoms with E-state index >= 15 is 0 Å². The van der Waals surface area contributed by atoms with E-state index in [2.05, 4.69) is 21.4 Å². The highest BCUT2D eigenvalue weighted by molar-refractivity contribution is 6.58. The van der Waals surface area contributed by atoms with Crippen molar-refractivity contribution in [2.75, 3.05) is 5.32 Å². The van der Waals surface area contributed by atoms with Gasteiger partial charge >= 0.3 is 13.3 Å². The van der Waals surface area contributed by atoms with E-state index in [1.54, 1.807) is 12.1 Å². The Kier molecular flexibility index (Phi) is 11.9. The second-order valence-electron chi connectivity index (χ2n) is 9.82. The molecule has 226 valence electrons. The fourth-order valence-electron chi connectivity index (χ4n) is 4.20. The van der Waals surface area contributed by atoms with Gasteiger partial charge in [0.1, 0.15) is 12.1 Å². The molecule has 1 aliphatic rings. The number of amides is 4. The van der Waals surface area contributed by atoms with Gasteiger partial charge in [-0.05, 0) is 48.5 Å². The van der Waals surface area contributed by atoms with Crippen molar-refractivity contribution in [3.8, 4) is 0 Å². The highest BCUT2D eigenvalue weighted by Crippen LogP contribution is 2.30. The van der Waals surface area contributed by atoms with Crippen molar-refractivity contribution in [2.45, 2.75) is 69.8 Å². The van der Waals surface area contributed by atoms with Gasteiger partial charge in [-0.25, -0.2) is 5.48 Å². The van der Waals surface area contributed by atoms with Crippen LogP contribution in [-0.2, 0) is 36.8 Å². The molecular weight excluding hydrogens is 560 g/mol. The number of hydrogen-bond donors (Lipinski definition) is 6. The van der Waals surface area contributed by atoms with E-state index < -0.39 is 42.8 Å². The number of alkyl halides is 3. The van der Waals surface area contributed by atoms with Gasteiger partial charge in [0.05, 0.1) is 12.2 Å². The maximum Gasteiger partial charge on any atom is 0.488 e. The molecule has 0 radical (unpaired) electrons. The molecule has 1 aliphatic heterocycles. The number of carbonyl (C=O) groups excluding carboxylic acids is 4. The molecule has 2 atom stereocenters. The number of benzene rings is 2. The lowest BCUT2D eigenvalue weighted by Crippen LogP contribution is -2.50. The summed E-state index contributed by atoms with van der Waals surface area (Å²) in [5.41, 5.74) is 2.33. The fraction of sp³-hybridized carbons (Fsp3) is 0.407. The first-order valence-corrected chi connectivity index (χ1v) is 13.4. The van der Waals surface area contributed by atoms with E-state index in [1.165, 1.54) is 18.2 Å². The quantitative estimate of drug-likeness (QED) is 0.109. The smallest absolute Gasteiger partial charge is 0.423 e. The predicted molar refractivity (Wildman–Crippen MR) is 145 cm³/mol. The number of nitrogens with one attached hydrogen (secondary N) is 4. The fourth-order valence-corrected chi connectivity index (χ4v) is 4.20. The Morgan fingerprint density at radius 3 is 2.45 bits per heavy atom. The Bertz CT molecular complexity index is 1240. The lowest BCUT2D eigenvalue weighted by molar-refractivity contribution is -0.137. The van der Waals surface area contributed by atoms with Gasteiger partial charge in [-0.3, -0.25) is 24.0 Å². The second kappa shape index (κ2) is 15.3. The molecule has 0 saturated carbocycles. The Labute approximate surface area is 240 Å². The lowest BCUT2D eigenvalue weighted by atomic mass is 9.80. The minimum absolute atomic E-state index is 0.0668. The van der Waals surface area contributed by atoms with E-state index in [9.17, 15) is 32.3 Å². The molecule has 0 aromatic heterocycles. The van der Waals surface area contributed by atoms with Crippen molar-refractivity contribution < 1.29 is 47.2 Å². The molecule has 2 unspecified atom stereocenters. The van der Waals surface area contributed by atoms with Crippen LogP contribution in [0.2, 0.25) is 0 Å². The molecule has 2 aromatic rings. The molecule has 0 bridgehead atoms. The Morgan fingerprint density at radius 1 is 1.07 bits per heavy atom. The van der Waals surface area contributed by atoms with Crippen molar-refractivity contribution in [1.82, 2.24) is 16.1 Å². The summed E-state index contributed by atoms with van der Waals surface area (Å²) in [7, 11) is -1.58. The van der Waals surface area contributed by atoms with Gasteiger partial charge in [0.25, 0.3) is 0 Å². The standard InChI is InChI=1S/C27H32BF3N4O7/c29-27(30,31)18-5-4-6-20(15-18)32-25(38)21(34-26(39)22-13-14-23(36)33-22)7-2-1-3-8-24(37)35-42-16-17-9-11-19(12-10-17)28(40)41/h4-6,9-12,15,21-22,40-41H,1-3,7-8,13-14,16H2,(H,32,38)(H,33,36)(H,34,39)(H,35,37). The average Bonchev–Trinajstić information content (AvgIpc) is 3.38. The highest BCUT2D eigenvalue weighted by Gasteiger charge is 2.32. The van der Waals surface area contributed by atoms with Crippen LogP contribution in [-0.4, -0.2) is 52.9 Å². The van der Waals surface area contributed by atoms with Crippen molar-refractivity contribution in [1.29, 1.82) is 0 Å². The van der Waals surface area contributed by atoms with Crippen molar-refractivity contribution >= 4 is 41.9 Å². The molecule has 0 aliphatic carbocycles. The van der Waals surface area contributed by atoms with Gasteiger partial charge in [-0.15, -0.1) is 0 Å². The summed E-state index contributed by atoms with van der Waals surface area (Å²) in [6, 6.07) is 8.54. The number of unbranched alkanes of at least 4 members (excludes halogenated alkanes) is 2. The van der Waals surface area contributed by atoms with E-state index in [0.29, 0.717) is 30.3 Å². The molecule has 11 nitrogen and oxygen atoms in total. The number of anilines is 1. The number of halogens is 3. The second-order valence-corrected chi connectivity index (χ2v) is 9.82. The topological polar surface area (TPSA) is 166 Å². The highest BCUT2D eigenvalue weighted by atomic mass is 19.4. The van der Waals surface area contributed by atoms with Gasteiger partial charge in [-0.2, -0.15) is 13.2 Å². The van der Waals surface area contributed by atoms with Crippen molar-refractivity contribution in [3.63, 3.8) is 0 Å². The molecule has 1 heterocycles. The Balaban J connectivity index is 1.46. The first kappa shape index (κ1) is 32.6. The Morgan fingerprint density at radius 2 is 1.81 bits per heavy atom. The lowest BCUT2D eigenvalue weighted by Gasteiger charge is -2.21. The molecule has 1 fully saturated rings. The van der Waals surface area contributed by atoms with Gasteiger partial charge < -0.3 is 26.0 Å². The van der Waals surface area contributed by atoms with Crippen molar-refractivity contribution in [2.24, 2.45) is 0 Å². The van der Waals surface area contributed by atoms with Crippen LogP contribution in [0.1, 0.15) is 56.1 Å². The maximum absolute atomic E-state index is 13.1. The average molecular weight is 592 g/mol. The largest absolute Gasteiger partial charge is 0.488 e. The molecule has 2 aromatic carbocycles. The van der Waals surface area contributed by atoms with Gasteiger partial charge in [-0.1, -0.05) is 43.2 Å². The number of hydrogen-bond acceptors (Lipinski definition) is 7. The summed E-state index contributed by atoms with van der Waals surface area (Å²) in [5, 5.41) is 25.7. The zero-order chi connectivity index (χ0) is 30.7. The van der Waals surface area contributed by atoms with Gasteiger partial charge in [0.2, 0.25) is 23.6 Å². The Hall–Kier alpha value is -3.95. The predicted octanol–water partition coefficient (Wildman–Crippen LogP) is 1.29. The SMILES string of the molecule is O=C(CCCCCC(NC(=O)C1CCC(=O)N1)C(=O)Nc1cccc(C(F)(F)F)c1)NOCc1ccc(B(O)O)cc1. The van der Waals surface area contributed by atoms with Crippen LogP contribution in [0.5, 0.6) is 0 Å². The maximum atomic E-state index is 13.1. The van der Waals surface area contributed by atoms with Gasteiger partial charge in [0, 0.05) is 18.5 Å². The van der Waals surface area contributed by atoms with Crippen LogP contribution < -0.4 is 26.9 Å². The summed E-state index contributed by atoms with van der Waals surface area (Å²) >= 11 is 0. The third kappa shape index (κ3) is 10.5. The van der Waals surface area contributed by atoms with Crippen LogP contribution in [0.25, 0.3) is 0 Å². The van der Waals surface area contributed by atoms with Crippen LogP contribution in [0.15, 0.2) is 48.5 Å². The summed E-state index contributed by atoms with van der Waals surface area (Å²) in [4.78, 5) is 54.3. The van der Waals surface area contributed by atoms with E-state index in [4.69, 9.17) is 14.9 Å². The van der Waals surface area contributed by atoms with Crippen LogP contribution in [0.3, 0.4) is 0 Å². The molecule has 3 rings (SSSR count). The minimum atomic E-state index is -4.59. The third-order valence-electron chi connectivity index (χ3n) is 6.50. The molecule has 6 N–H and O–H groups in total. The van der Waals surface area contributed by atoms with Crippen LogP contribution >= 0.6 is 0 Å².